The number of aldehydes is 1. The van der Waals surface area contributed by atoms with Gasteiger partial charge >= 0.3 is 0 Å². The van der Waals surface area contributed by atoms with Crippen LogP contribution < -0.4 is 4.74 Å². The molecular formula is C13H14O2. The molecule has 0 fully saturated rings. The predicted octanol–water partition coefficient (Wildman–Crippen LogP) is 2.55. The van der Waals surface area contributed by atoms with Gasteiger partial charge in [0.1, 0.15) is 18.6 Å². The Bertz CT molecular complexity index is 353. The molecule has 15 heavy (non-hydrogen) atoms. The molecule has 0 heterocycles. The third-order valence-corrected chi connectivity index (χ3v) is 1.89. The van der Waals surface area contributed by atoms with E-state index in [-0.39, 0.29) is 0 Å². The maximum absolute atomic E-state index is 10.0. The van der Waals surface area contributed by atoms with Gasteiger partial charge in [-0.3, -0.25) is 4.79 Å². The van der Waals surface area contributed by atoms with Crippen LogP contribution in [0.3, 0.4) is 0 Å². The Hall–Kier alpha value is -1.83. The highest BCUT2D eigenvalue weighted by Crippen LogP contribution is 2.18. The monoisotopic (exact) mass is 202 g/mol. The lowest BCUT2D eigenvalue weighted by Gasteiger charge is -2.07. The summed E-state index contributed by atoms with van der Waals surface area (Å²) in [6.45, 7) is 4.10. The number of hydrogen-bond acceptors (Lipinski definition) is 2. The van der Waals surface area contributed by atoms with Crippen LogP contribution in [-0.2, 0) is 11.2 Å². The Morgan fingerprint density at radius 2 is 2.13 bits per heavy atom. The molecule has 0 bridgehead atoms. The highest BCUT2D eigenvalue weighted by atomic mass is 16.5. The van der Waals surface area contributed by atoms with Crippen molar-refractivity contribution in [3.63, 3.8) is 0 Å². The smallest absolute Gasteiger partial charge is 0.142 e. The summed E-state index contributed by atoms with van der Waals surface area (Å²) < 4.78 is 5.50. The number of allylic oxidation sites excluding steroid dienone is 2. The lowest BCUT2D eigenvalue weighted by Crippen LogP contribution is -1.96. The van der Waals surface area contributed by atoms with Crippen molar-refractivity contribution in [3.05, 3.63) is 54.6 Å². The molecule has 0 saturated heterocycles. The topological polar surface area (TPSA) is 26.3 Å². The van der Waals surface area contributed by atoms with E-state index < -0.39 is 0 Å². The van der Waals surface area contributed by atoms with Gasteiger partial charge in [-0.25, -0.2) is 0 Å². The van der Waals surface area contributed by atoms with E-state index in [1.807, 2.05) is 30.3 Å². The highest BCUT2D eigenvalue weighted by molar-refractivity contribution is 5.64. The van der Waals surface area contributed by atoms with Crippen LogP contribution in [0.15, 0.2) is 49.1 Å². The summed E-state index contributed by atoms with van der Waals surface area (Å²) in [5, 5.41) is 0. The van der Waals surface area contributed by atoms with Crippen LogP contribution in [0, 0.1) is 0 Å². The van der Waals surface area contributed by atoms with Crippen molar-refractivity contribution in [3.8, 4) is 5.75 Å². The summed E-state index contributed by atoms with van der Waals surface area (Å²) in [7, 11) is 0. The van der Waals surface area contributed by atoms with Crippen LogP contribution in [0.25, 0.3) is 0 Å². The molecular weight excluding hydrogens is 188 g/mol. The Morgan fingerprint density at radius 1 is 1.33 bits per heavy atom. The molecule has 1 rings (SSSR count). The van der Waals surface area contributed by atoms with E-state index in [2.05, 4.69) is 6.58 Å². The van der Waals surface area contributed by atoms with Crippen molar-refractivity contribution in [2.45, 2.75) is 6.42 Å². The molecule has 1 aromatic carbocycles. The molecule has 1 aromatic rings. The average Bonchev–Trinajstić information content (AvgIpc) is 2.27. The standard InChI is InChI=1S/C13H14O2/c1-2-7-12-8-3-4-9-13(12)15-11-6-5-10-14/h2-6,8-10H,1,7,11H2/b6-5+. The molecule has 0 aromatic heterocycles. The number of benzene rings is 1. The van der Waals surface area contributed by atoms with Crippen LogP contribution in [0.2, 0.25) is 0 Å². The fourth-order valence-electron chi connectivity index (χ4n) is 1.22. The molecule has 2 nitrogen and oxygen atoms in total. The first-order valence-corrected chi connectivity index (χ1v) is 4.80. The Balaban J connectivity index is 2.62. The van der Waals surface area contributed by atoms with Crippen molar-refractivity contribution < 1.29 is 9.53 Å². The van der Waals surface area contributed by atoms with Crippen LogP contribution in [-0.4, -0.2) is 12.9 Å². The zero-order valence-corrected chi connectivity index (χ0v) is 8.56. The normalized spacial score (nSPS) is 10.1. The molecule has 0 atom stereocenters. The Morgan fingerprint density at radius 3 is 2.87 bits per heavy atom. The van der Waals surface area contributed by atoms with Gasteiger partial charge in [0.25, 0.3) is 0 Å². The molecule has 0 aliphatic rings. The van der Waals surface area contributed by atoms with Crippen molar-refractivity contribution >= 4 is 6.29 Å². The lowest BCUT2D eigenvalue weighted by atomic mass is 10.1. The first-order chi connectivity index (χ1) is 7.38. The van der Waals surface area contributed by atoms with Gasteiger partial charge in [0.2, 0.25) is 0 Å². The van der Waals surface area contributed by atoms with Gasteiger partial charge in [0.15, 0.2) is 0 Å². The minimum absolute atomic E-state index is 0.410. The van der Waals surface area contributed by atoms with E-state index in [0.717, 1.165) is 24.0 Å². The van der Waals surface area contributed by atoms with Gasteiger partial charge in [-0.05, 0) is 30.2 Å². The van der Waals surface area contributed by atoms with E-state index in [1.165, 1.54) is 6.08 Å². The van der Waals surface area contributed by atoms with Crippen LogP contribution in [0.4, 0.5) is 0 Å². The molecule has 2 heteroatoms. The summed E-state index contributed by atoms with van der Waals surface area (Å²) in [6.07, 6.45) is 6.46. The zero-order chi connectivity index (χ0) is 10.9. The quantitative estimate of drug-likeness (QED) is 0.402. The van der Waals surface area contributed by atoms with Gasteiger partial charge in [-0.2, -0.15) is 0 Å². The molecule has 0 aliphatic heterocycles. The summed E-state index contributed by atoms with van der Waals surface area (Å²) in [4.78, 5) is 10.0. The van der Waals surface area contributed by atoms with E-state index in [4.69, 9.17) is 4.74 Å². The second-order valence-corrected chi connectivity index (χ2v) is 2.98. The Labute approximate surface area is 89.9 Å². The SMILES string of the molecule is C=CCc1ccccc1OC/C=C/C=O. The van der Waals surface area contributed by atoms with Gasteiger partial charge in [0.05, 0.1) is 0 Å². The minimum atomic E-state index is 0.410. The maximum atomic E-state index is 10.0. The summed E-state index contributed by atoms with van der Waals surface area (Å²) in [5.74, 6) is 0.841. The Kier molecular flexibility index (Phi) is 4.95. The molecule has 0 unspecified atom stereocenters. The zero-order valence-electron chi connectivity index (χ0n) is 8.56. The van der Waals surface area contributed by atoms with Gasteiger partial charge < -0.3 is 4.74 Å². The molecule has 0 amide bonds. The largest absolute Gasteiger partial charge is 0.489 e. The molecule has 0 radical (unpaired) electrons. The van der Waals surface area contributed by atoms with Gasteiger partial charge in [0, 0.05) is 0 Å². The number of para-hydroxylation sites is 1. The number of ether oxygens (including phenoxy) is 1. The van der Waals surface area contributed by atoms with Crippen LogP contribution in [0.1, 0.15) is 5.56 Å². The first kappa shape index (κ1) is 11.2. The van der Waals surface area contributed by atoms with Gasteiger partial charge in [-0.1, -0.05) is 24.3 Å². The summed E-state index contributed by atoms with van der Waals surface area (Å²) >= 11 is 0. The summed E-state index contributed by atoms with van der Waals surface area (Å²) in [5.41, 5.74) is 1.10. The van der Waals surface area contributed by atoms with E-state index >= 15 is 0 Å². The number of carbonyl (C=O) groups is 1. The van der Waals surface area contributed by atoms with E-state index in [1.54, 1.807) is 6.08 Å². The lowest BCUT2D eigenvalue weighted by molar-refractivity contribution is -0.104. The molecule has 0 N–H and O–H groups in total. The maximum Gasteiger partial charge on any atom is 0.142 e. The highest BCUT2D eigenvalue weighted by Gasteiger charge is 1.98. The fraction of sp³-hybridized carbons (Fsp3) is 0.154. The third kappa shape index (κ3) is 3.81. The van der Waals surface area contributed by atoms with E-state index in [9.17, 15) is 4.79 Å². The van der Waals surface area contributed by atoms with Crippen molar-refractivity contribution in [2.75, 3.05) is 6.61 Å². The minimum Gasteiger partial charge on any atom is -0.489 e. The van der Waals surface area contributed by atoms with Crippen molar-refractivity contribution in [1.82, 2.24) is 0 Å². The fourth-order valence-corrected chi connectivity index (χ4v) is 1.22. The second kappa shape index (κ2) is 6.60. The number of rotatable bonds is 6. The van der Waals surface area contributed by atoms with Crippen molar-refractivity contribution in [1.29, 1.82) is 0 Å². The third-order valence-electron chi connectivity index (χ3n) is 1.89. The first-order valence-electron chi connectivity index (χ1n) is 4.80. The number of carbonyl (C=O) groups excluding carboxylic acids is 1. The molecule has 0 aliphatic carbocycles. The van der Waals surface area contributed by atoms with E-state index in [0.29, 0.717) is 6.61 Å². The van der Waals surface area contributed by atoms with Gasteiger partial charge in [-0.15, -0.1) is 6.58 Å². The molecule has 0 spiro atoms. The van der Waals surface area contributed by atoms with Crippen LogP contribution in [0.5, 0.6) is 5.75 Å². The molecule has 0 saturated carbocycles. The predicted molar refractivity (Wildman–Crippen MR) is 61.0 cm³/mol. The average molecular weight is 202 g/mol. The number of hydrogen-bond donors (Lipinski definition) is 0. The second-order valence-electron chi connectivity index (χ2n) is 2.98. The summed E-state index contributed by atoms with van der Waals surface area (Å²) in [6, 6.07) is 7.80. The van der Waals surface area contributed by atoms with Crippen molar-refractivity contribution in [2.24, 2.45) is 0 Å². The van der Waals surface area contributed by atoms with Crippen LogP contribution >= 0.6 is 0 Å². The molecule has 78 valence electrons.